The molecule has 23 heavy (non-hydrogen) atoms. The van der Waals surface area contributed by atoms with Crippen molar-refractivity contribution in [2.75, 3.05) is 17.2 Å². The molecule has 5 heteroatoms. The second kappa shape index (κ2) is 6.79. The van der Waals surface area contributed by atoms with Gasteiger partial charge in [-0.2, -0.15) is 0 Å². The Bertz CT molecular complexity index is 672. The molecule has 0 aliphatic carbocycles. The number of amides is 1. The first-order valence-corrected chi connectivity index (χ1v) is 7.84. The molecule has 1 atom stereocenters. The summed E-state index contributed by atoms with van der Waals surface area (Å²) in [7, 11) is 0. The number of hydrogen-bond donors (Lipinski definition) is 2. The van der Waals surface area contributed by atoms with Gasteiger partial charge in [0.25, 0.3) is 5.91 Å². The monoisotopic (exact) mass is 311 g/mol. The summed E-state index contributed by atoms with van der Waals surface area (Å²) in [6.45, 7) is 4.80. The van der Waals surface area contributed by atoms with Gasteiger partial charge in [0.2, 0.25) is 0 Å². The van der Waals surface area contributed by atoms with Crippen molar-refractivity contribution in [3.8, 4) is 0 Å². The van der Waals surface area contributed by atoms with E-state index in [4.69, 9.17) is 4.74 Å². The Morgan fingerprint density at radius 2 is 1.96 bits per heavy atom. The zero-order valence-electron chi connectivity index (χ0n) is 13.4. The summed E-state index contributed by atoms with van der Waals surface area (Å²) in [5, 5.41) is 6.11. The highest BCUT2D eigenvalue weighted by Gasteiger charge is 2.23. The van der Waals surface area contributed by atoms with E-state index in [1.54, 1.807) is 12.3 Å². The summed E-state index contributed by atoms with van der Waals surface area (Å²) < 4.78 is 5.36. The smallest absolute Gasteiger partial charge is 0.254 e. The minimum atomic E-state index is -0.343. The van der Waals surface area contributed by atoms with Gasteiger partial charge in [-0.15, -0.1) is 0 Å². The van der Waals surface area contributed by atoms with Gasteiger partial charge in [-0.05, 0) is 62.1 Å². The van der Waals surface area contributed by atoms with Crippen LogP contribution in [0.1, 0.15) is 24.0 Å². The number of carbonyl (C=O) groups is 1. The normalized spacial score (nSPS) is 17.0. The van der Waals surface area contributed by atoms with E-state index in [1.807, 2.05) is 6.07 Å². The van der Waals surface area contributed by atoms with Crippen LogP contribution in [0, 0.1) is 13.8 Å². The van der Waals surface area contributed by atoms with Gasteiger partial charge in [0, 0.05) is 12.3 Å². The molecule has 2 heterocycles. The number of hydrogen-bond acceptors (Lipinski definition) is 4. The number of rotatable bonds is 4. The number of pyridine rings is 1. The molecule has 1 aliphatic heterocycles. The van der Waals surface area contributed by atoms with Crippen LogP contribution in [-0.2, 0) is 9.53 Å². The van der Waals surface area contributed by atoms with E-state index < -0.39 is 0 Å². The molecule has 1 aromatic carbocycles. The highest BCUT2D eigenvalue weighted by atomic mass is 16.5. The standard InChI is InChI=1S/C18H21N3O2/c1-12-8-13(2)10-15(9-12)20-14-5-6-17(19-11-14)21-18(22)16-4-3-7-23-16/h5-6,8-11,16,20H,3-4,7H2,1-2H3,(H,19,21,22). The summed E-state index contributed by atoms with van der Waals surface area (Å²) >= 11 is 0. The molecule has 0 spiro atoms. The Morgan fingerprint density at radius 3 is 2.57 bits per heavy atom. The number of nitrogens with zero attached hydrogens (tertiary/aromatic N) is 1. The van der Waals surface area contributed by atoms with Crippen LogP contribution < -0.4 is 10.6 Å². The van der Waals surface area contributed by atoms with Gasteiger partial charge in [-0.25, -0.2) is 4.98 Å². The number of ether oxygens (including phenoxy) is 1. The van der Waals surface area contributed by atoms with Crippen LogP contribution in [0.15, 0.2) is 36.5 Å². The van der Waals surface area contributed by atoms with E-state index in [9.17, 15) is 4.79 Å². The average Bonchev–Trinajstić information content (AvgIpc) is 3.02. The quantitative estimate of drug-likeness (QED) is 0.906. The molecule has 1 fully saturated rings. The van der Waals surface area contributed by atoms with Crippen molar-refractivity contribution in [1.29, 1.82) is 0 Å². The van der Waals surface area contributed by atoms with Crippen molar-refractivity contribution in [3.05, 3.63) is 47.7 Å². The molecular weight excluding hydrogens is 290 g/mol. The van der Waals surface area contributed by atoms with Gasteiger partial charge in [0.05, 0.1) is 11.9 Å². The summed E-state index contributed by atoms with van der Waals surface area (Å²) in [4.78, 5) is 16.3. The van der Waals surface area contributed by atoms with E-state index >= 15 is 0 Å². The molecule has 0 bridgehead atoms. The molecule has 2 aromatic rings. The van der Waals surface area contributed by atoms with Gasteiger partial charge in [0.15, 0.2) is 0 Å². The van der Waals surface area contributed by atoms with Gasteiger partial charge < -0.3 is 15.4 Å². The second-order valence-electron chi connectivity index (χ2n) is 5.92. The van der Waals surface area contributed by atoms with Gasteiger partial charge in [-0.3, -0.25) is 4.79 Å². The third-order valence-corrected chi connectivity index (χ3v) is 3.75. The molecule has 2 N–H and O–H groups in total. The van der Waals surface area contributed by atoms with E-state index in [0.29, 0.717) is 12.4 Å². The molecule has 1 amide bonds. The van der Waals surface area contributed by atoms with Crippen molar-refractivity contribution < 1.29 is 9.53 Å². The predicted molar refractivity (Wildman–Crippen MR) is 91.0 cm³/mol. The molecule has 0 radical (unpaired) electrons. The Hall–Kier alpha value is -2.40. The van der Waals surface area contributed by atoms with E-state index in [-0.39, 0.29) is 12.0 Å². The maximum Gasteiger partial charge on any atom is 0.254 e. The fraction of sp³-hybridized carbons (Fsp3) is 0.333. The van der Waals surface area contributed by atoms with E-state index in [2.05, 4.69) is 47.7 Å². The number of aromatic nitrogens is 1. The highest BCUT2D eigenvalue weighted by Crippen LogP contribution is 2.20. The molecule has 120 valence electrons. The Morgan fingerprint density at radius 1 is 1.17 bits per heavy atom. The first-order valence-electron chi connectivity index (χ1n) is 7.84. The number of nitrogens with one attached hydrogen (secondary N) is 2. The van der Waals surface area contributed by atoms with Crippen molar-refractivity contribution in [3.63, 3.8) is 0 Å². The van der Waals surface area contributed by atoms with Crippen LogP contribution in [-0.4, -0.2) is 23.6 Å². The molecule has 5 nitrogen and oxygen atoms in total. The van der Waals surface area contributed by atoms with Crippen LogP contribution >= 0.6 is 0 Å². The lowest BCUT2D eigenvalue weighted by molar-refractivity contribution is -0.124. The van der Waals surface area contributed by atoms with Crippen molar-refractivity contribution in [2.24, 2.45) is 0 Å². The van der Waals surface area contributed by atoms with Gasteiger partial charge in [-0.1, -0.05) is 6.07 Å². The summed E-state index contributed by atoms with van der Waals surface area (Å²) in [6, 6.07) is 9.99. The average molecular weight is 311 g/mol. The van der Waals surface area contributed by atoms with Gasteiger partial charge in [0.1, 0.15) is 11.9 Å². The van der Waals surface area contributed by atoms with Gasteiger partial charge >= 0.3 is 0 Å². The van der Waals surface area contributed by atoms with E-state index in [0.717, 1.165) is 24.2 Å². The third-order valence-electron chi connectivity index (χ3n) is 3.75. The first-order chi connectivity index (χ1) is 11.1. The zero-order valence-corrected chi connectivity index (χ0v) is 13.4. The Kier molecular flexibility index (Phi) is 4.57. The minimum absolute atomic E-state index is 0.120. The summed E-state index contributed by atoms with van der Waals surface area (Å²) in [5.74, 6) is 0.418. The molecule has 3 rings (SSSR count). The molecular formula is C18H21N3O2. The van der Waals surface area contributed by atoms with Crippen molar-refractivity contribution in [2.45, 2.75) is 32.8 Å². The topological polar surface area (TPSA) is 63.2 Å². The molecule has 1 saturated heterocycles. The lowest BCUT2D eigenvalue weighted by Gasteiger charge is -2.11. The third kappa shape index (κ3) is 4.07. The van der Waals surface area contributed by atoms with Crippen LogP contribution in [0.2, 0.25) is 0 Å². The summed E-state index contributed by atoms with van der Waals surface area (Å²) in [5.41, 5.74) is 4.33. The highest BCUT2D eigenvalue weighted by molar-refractivity contribution is 5.93. The van der Waals surface area contributed by atoms with Crippen molar-refractivity contribution >= 4 is 23.1 Å². The molecule has 1 aromatic heterocycles. The number of benzene rings is 1. The number of aryl methyl sites for hydroxylation is 2. The van der Waals surface area contributed by atoms with Crippen LogP contribution in [0.4, 0.5) is 17.2 Å². The SMILES string of the molecule is Cc1cc(C)cc(Nc2ccc(NC(=O)C3CCCO3)nc2)c1. The van der Waals surface area contributed by atoms with E-state index in [1.165, 1.54) is 11.1 Å². The second-order valence-corrected chi connectivity index (χ2v) is 5.92. The lowest BCUT2D eigenvalue weighted by Crippen LogP contribution is -2.27. The number of anilines is 3. The van der Waals surface area contributed by atoms with Crippen LogP contribution in [0.3, 0.4) is 0 Å². The minimum Gasteiger partial charge on any atom is -0.368 e. The zero-order chi connectivity index (χ0) is 16.2. The largest absolute Gasteiger partial charge is 0.368 e. The summed E-state index contributed by atoms with van der Waals surface area (Å²) in [6.07, 6.45) is 3.08. The fourth-order valence-electron chi connectivity index (χ4n) is 2.75. The predicted octanol–water partition coefficient (Wildman–Crippen LogP) is 3.56. The van der Waals surface area contributed by atoms with Crippen LogP contribution in [0.5, 0.6) is 0 Å². The Balaban J connectivity index is 1.63. The molecule has 0 saturated carbocycles. The van der Waals surface area contributed by atoms with Crippen LogP contribution in [0.25, 0.3) is 0 Å². The Labute approximate surface area is 136 Å². The lowest BCUT2D eigenvalue weighted by atomic mass is 10.1. The maximum atomic E-state index is 12.0. The first kappa shape index (κ1) is 15.5. The number of carbonyl (C=O) groups excluding carboxylic acids is 1. The maximum absolute atomic E-state index is 12.0. The molecule has 1 unspecified atom stereocenters. The fourth-order valence-corrected chi connectivity index (χ4v) is 2.75. The van der Waals surface area contributed by atoms with Crippen molar-refractivity contribution in [1.82, 2.24) is 4.98 Å². The molecule has 1 aliphatic rings.